The number of alkyl halides is 3. The van der Waals surface area contributed by atoms with Crippen LogP contribution in [-0.2, 0) is 16.6 Å². The molecular formula is C22H21F3N4O2S. The molecule has 2 aromatic heterocycles. The number of nitrogens with one attached hydrogen (secondary N) is 1. The summed E-state index contributed by atoms with van der Waals surface area (Å²) in [7, 11) is -4.41. The number of pyridine rings is 1. The van der Waals surface area contributed by atoms with E-state index in [1.807, 2.05) is 29.7 Å². The van der Waals surface area contributed by atoms with E-state index < -0.39 is 22.2 Å². The number of aryl methyl sites for hydroxylation is 1. The summed E-state index contributed by atoms with van der Waals surface area (Å²) in [6, 6.07) is 8.51. The Morgan fingerprint density at radius 1 is 1.28 bits per heavy atom. The summed E-state index contributed by atoms with van der Waals surface area (Å²) in [5.41, 5.74) is 3.31. The lowest BCUT2D eigenvalue weighted by molar-refractivity contribution is -0.147. The highest BCUT2D eigenvalue weighted by atomic mass is 32.2. The van der Waals surface area contributed by atoms with Crippen molar-refractivity contribution in [2.24, 2.45) is 5.92 Å². The molecule has 0 saturated heterocycles. The number of nitrogens with zero attached hydrogens (tertiary/aromatic N) is 3. The van der Waals surface area contributed by atoms with Crippen LogP contribution in [0.25, 0.3) is 22.3 Å². The number of sulfonamides is 1. The standard InChI is InChI=1S/C22H21F3N4O2S/c1-13-3-8-20-17(9-13)18(10-26)21(29(20)12-15-4-5-15)19-7-6-16(11-27-19)32(30,31)28-14(2)22(23,24)25/h3,6-9,11,14-15,28H,4-5,12H2,1-2H3/t14-/m0/s1. The molecule has 3 aromatic rings. The minimum Gasteiger partial charge on any atom is -0.338 e. The second-order valence-electron chi connectivity index (χ2n) is 8.17. The van der Waals surface area contributed by atoms with E-state index in [1.54, 1.807) is 4.72 Å². The number of hydrogen-bond acceptors (Lipinski definition) is 4. The molecule has 1 atom stereocenters. The Morgan fingerprint density at radius 2 is 2.00 bits per heavy atom. The molecule has 1 fully saturated rings. The fraction of sp³-hybridized carbons (Fsp3) is 0.364. The van der Waals surface area contributed by atoms with Gasteiger partial charge in [-0.15, -0.1) is 0 Å². The maximum Gasteiger partial charge on any atom is 0.404 e. The lowest BCUT2D eigenvalue weighted by Crippen LogP contribution is -2.42. The van der Waals surface area contributed by atoms with Crippen LogP contribution in [0.1, 0.15) is 30.9 Å². The normalized spacial score (nSPS) is 15.6. The zero-order chi connectivity index (χ0) is 23.3. The molecule has 1 aromatic carbocycles. The van der Waals surface area contributed by atoms with Gasteiger partial charge in [0.15, 0.2) is 0 Å². The first-order chi connectivity index (χ1) is 15.0. The highest BCUT2D eigenvalue weighted by Gasteiger charge is 2.39. The molecule has 168 valence electrons. The lowest BCUT2D eigenvalue weighted by atomic mass is 10.1. The summed E-state index contributed by atoms with van der Waals surface area (Å²) < 4.78 is 66.7. The van der Waals surface area contributed by atoms with Gasteiger partial charge in [-0.1, -0.05) is 11.6 Å². The van der Waals surface area contributed by atoms with Gasteiger partial charge < -0.3 is 4.57 Å². The monoisotopic (exact) mass is 462 g/mol. The molecule has 1 saturated carbocycles. The average Bonchev–Trinajstić information content (AvgIpc) is 3.48. The molecule has 0 amide bonds. The Labute approximate surface area is 183 Å². The second kappa shape index (κ2) is 7.90. The minimum atomic E-state index is -4.70. The second-order valence-corrected chi connectivity index (χ2v) is 9.89. The van der Waals surface area contributed by atoms with E-state index >= 15 is 0 Å². The number of aromatic nitrogens is 2. The topological polar surface area (TPSA) is 87.8 Å². The SMILES string of the molecule is Cc1ccc2c(c1)c(C#N)c(-c1ccc(S(=O)(=O)N[C@@H](C)C(F)(F)F)cn1)n2CC1CC1. The molecule has 32 heavy (non-hydrogen) atoms. The Bertz CT molecular complexity index is 1320. The van der Waals surface area contributed by atoms with Crippen molar-refractivity contribution in [2.45, 2.75) is 50.3 Å². The molecule has 1 aliphatic carbocycles. The number of nitriles is 1. The molecule has 2 heterocycles. The van der Waals surface area contributed by atoms with E-state index in [4.69, 9.17) is 0 Å². The quantitative estimate of drug-likeness (QED) is 0.583. The van der Waals surface area contributed by atoms with Crippen molar-refractivity contribution >= 4 is 20.9 Å². The summed E-state index contributed by atoms with van der Waals surface area (Å²) in [6.45, 7) is 3.38. The number of rotatable bonds is 6. The van der Waals surface area contributed by atoms with Crippen LogP contribution in [-0.4, -0.2) is 30.2 Å². The number of halogens is 3. The van der Waals surface area contributed by atoms with Crippen LogP contribution in [0.5, 0.6) is 0 Å². The first-order valence-electron chi connectivity index (χ1n) is 10.1. The first-order valence-corrected chi connectivity index (χ1v) is 11.6. The van der Waals surface area contributed by atoms with Crippen molar-refractivity contribution in [2.75, 3.05) is 0 Å². The van der Waals surface area contributed by atoms with Gasteiger partial charge >= 0.3 is 6.18 Å². The molecule has 0 spiro atoms. The van der Waals surface area contributed by atoms with Crippen molar-refractivity contribution in [3.8, 4) is 17.5 Å². The van der Waals surface area contributed by atoms with Crippen LogP contribution in [0.3, 0.4) is 0 Å². The van der Waals surface area contributed by atoms with Crippen molar-refractivity contribution in [3.05, 3.63) is 47.7 Å². The Kier molecular flexibility index (Phi) is 5.51. The molecular weight excluding hydrogens is 441 g/mol. The average molecular weight is 462 g/mol. The molecule has 0 unspecified atom stereocenters. The van der Waals surface area contributed by atoms with Gasteiger partial charge in [-0.25, -0.2) is 8.42 Å². The minimum absolute atomic E-state index is 0.378. The van der Waals surface area contributed by atoms with E-state index in [-0.39, 0.29) is 4.90 Å². The number of benzene rings is 1. The largest absolute Gasteiger partial charge is 0.404 e. The number of hydrogen-bond donors (Lipinski definition) is 1. The summed E-state index contributed by atoms with van der Waals surface area (Å²) in [5.74, 6) is 0.505. The van der Waals surface area contributed by atoms with E-state index in [2.05, 4.69) is 11.1 Å². The van der Waals surface area contributed by atoms with E-state index in [0.29, 0.717) is 29.4 Å². The highest BCUT2D eigenvalue weighted by Crippen LogP contribution is 2.38. The first kappa shape index (κ1) is 22.3. The van der Waals surface area contributed by atoms with Gasteiger partial charge in [-0.3, -0.25) is 4.98 Å². The molecule has 0 aliphatic heterocycles. The number of fused-ring (bicyclic) bond motifs is 1. The van der Waals surface area contributed by atoms with Crippen molar-refractivity contribution in [3.63, 3.8) is 0 Å². The summed E-state index contributed by atoms with van der Waals surface area (Å²) in [4.78, 5) is 3.85. The predicted molar refractivity (Wildman–Crippen MR) is 113 cm³/mol. The molecule has 6 nitrogen and oxygen atoms in total. The van der Waals surface area contributed by atoms with Crippen molar-refractivity contribution < 1.29 is 21.6 Å². The third kappa shape index (κ3) is 4.23. The van der Waals surface area contributed by atoms with E-state index in [1.165, 1.54) is 12.1 Å². The molecule has 0 bridgehead atoms. The Balaban J connectivity index is 1.77. The van der Waals surface area contributed by atoms with Gasteiger partial charge in [0.25, 0.3) is 0 Å². The maximum atomic E-state index is 12.8. The Morgan fingerprint density at radius 3 is 2.56 bits per heavy atom. The van der Waals surface area contributed by atoms with E-state index in [0.717, 1.165) is 42.4 Å². The van der Waals surface area contributed by atoms with Crippen LogP contribution in [0.15, 0.2) is 41.4 Å². The summed E-state index contributed by atoms with van der Waals surface area (Å²) in [5, 5.41) is 10.7. The summed E-state index contributed by atoms with van der Waals surface area (Å²) >= 11 is 0. The van der Waals surface area contributed by atoms with Crippen LogP contribution < -0.4 is 4.72 Å². The van der Waals surface area contributed by atoms with Gasteiger partial charge in [0, 0.05) is 23.6 Å². The summed E-state index contributed by atoms with van der Waals surface area (Å²) in [6.07, 6.45) is -1.49. The lowest BCUT2D eigenvalue weighted by Gasteiger charge is -2.17. The van der Waals surface area contributed by atoms with Crippen molar-refractivity contribution in [1.82, 2.24) is 14.3 Å². The molecule has 1 aliphatic rings. The van der Waals surface area contributed by atoms with Gasteiger partial charge in [0.1, 0.15) is 17.0 Å². The van der Waals surface area contributed by atoms with Crippen molar-refractivity contribution in [1.29, 1.82) is 5.26 Å². The molecule has 4 rings (SSSR count). The van der Waals surface area contributed by atoms with Gasteiger partial charge in [-0.05, 0) is 56.9 Å². The Hall–Kier alpha value is -2.90. The van der Waals surface area contributed by atoms with Gasteiger partial charge in [0.05, 0.1) is 17.0 Å². The highest BCUT2D eigenvalue weighted by molar-refractivity contribution is 7.89. The fourth-order valence-electron chi connectivity index (χ4n) is 3.64. The van der Waals surface area contributed by atoms with Crippen LogP contribution in [0.2, 0.25) is 0 Å². The third-order valence-electron chi connectivity index (χ3n) is 5.58. The van der Waals surface area contributed by atoms with Crippen LogP contribution in [0.4, 0.5) is 13.2 Å². The predicted octanol–water partition coefficient (Wildman–Crippen LogP) is 4.52. The van der Waals surface area contributed by atoms with Gasteiger partial charge in [0.2, 0.25) is 10.0 Å². The zero-order valence-corrected chi connectivity index (χ0v) is 18.3. The molecule has 0 radical (unpaired) electrons. The fourth-order valence-corrected chi connectivity index (χ4v) is 4.82. The van der Waals surface area contributed by atoms with Crippen LogP contribution >= 0.6 is 0 Å². The maximum absolute atomic E-state index is 12.8. The van der Waals surface area contributed by atoms with E-state index in [9.17, 15) is 26.9 Å². The van der Waals surface area contributed by atoms with Crippen LogP contribution in [0, 0.1) is 24.2 Å². The third-order valence-corrected chi connectivity index (χ3v) is 7.11. The molecule has 10 heteroatoms. The smallest absolute Gasteiger partial charge is 0.338 e. The zero-order valence-electron chi connectivity index (χ0n) is 17.4. The van der Waals surface area contributed by atoms with Gasteiger partial charge in [-0.2, -0.15) is 23.2 Å². The molecule has 1 N–H and O–H groups in total.